The van der Waals surface area contributed by atoms with Crippen molar-refractivity contribution in [2.24, 2.45) is 11.8 Å². The van der Waals surface area contributed by atoms with Gasteiger partial charge in [-0.25, -0.2) is 0 Å². The Morgan fingerprint density at radius 3 is 1.09 bits per heavy atom. The standard InChI is InChI=1S/C13H24N2O.C12H19N3O2.C12H22N2O2.C12H24N2O.C12H22N2O.C11H17F3N2O.C10H17F3N2O/c1-3-13(16)15(12-4-5-12)10-11-6-8-14(2)9-7-11;1-10(16)15(9-11-5-8-17-13-11)12-3-6-14(2)7-4-12;1-13-7-5-11(6-8-13)14(10-3-4-10)9-12(15)16-2;1-13-7-5-12(6-8-13)14(9-10-15-2)11-3-4-11;1-10(15)14(12-3-4-12)9-11-5-7-13(2)8-6-11;1-15-6-4-9(5-7-15)16(8-2-3-8)10(17)11(12,13)14;1-3-15(9(16)10(11,12)13)8-4-6-14(2)7-5-8/h11-12H,3-10H2,1-2H3;5,8,12H,3-4,6-7,9H2,1-2H3;10-11H,3-9H2,1-2H3;11-12H,3-10H2,1-2H3;11-12H,3-9H2,1-2H3;8-9H,2-7H2,1H3;8H,3-7H2,1-2H3. The minimum Gasteiger partial charge on any atom is -0.468 e. The number of halogens is 6. The zero-order valence-corrected chi connectivity index (χ0v) is 70.8. The van der Waals surface area contributed by atoms with Gasteiger partial charge >= 0.3 is 30.1 Å². The number of esters is 1. The van der Waals surface area contributed by atoms with E-state index in [1.807, 2.05) is 32.0 Å². The third kappa shape index (κ3) is 33.3. The van der Waals surface area contributed by atoms with Crippen LogP contribution >= 0.6 is 0 Å². The number of amides is 5. The summed E-state index contributed by atoms with van der Waals surface area (Å²) >= 11 is 0. The molecule has 0 unspecified atom stereocenters. The highest BCUT2D eigenvalue weighted by Crippen LogP contribution is 2.38. The Morgan fingerprint density at radius 1 is 0.429 bits per heavy atom. The number of methoxy groups -OCH3 is 2. The van der Waals surface area contributed by atoms with Crippen LogP contribution in [0.5, 0.6) is 0 Å². The van der Waals surface area contributed by atoms with Crippen LogP contribution in [-0.4, -0.2) is 377 Å². The number of carbonyl (C=O) groups is 6. The molecule has 7 saturated heterocycles. The van der Waals surface area contributed by atoms with Gasteiger partial charge in [0.2, 0.25) is 17.7 Å². The van der Waals surface area contributed by atoms with Crippen molar-refractivity contribution in [2.75, 3.05) is 195 Å². The summed E-state index contributed by atoms with van der Waals surface area (Å²) in [6.45, 7) is 26.8. The van der Waals surface area contributed by atoms with Gasteiger partial charge in [-0.3, -0.25) is 38.6 Å². The first kappa shape index (κ1) is 94.4. The molecule has 5 amide bonds. The van der Waals surface area contributed by atoms with Crippen LogP contribution in [0.3, 0.4) is 0 Å². The lowest BCUT2D eigenvalue weighted by atomic mass is 9.96. The van der Waals surface area contributed by atoms with E-state index >= 15 is 0 Å². The molecule has 7 aliphatic heterocycles. The number of hydrogen-bond donors (Lipinski definition) is 0. The molecule has 0 spiro atoms. The minimum absolute atomic E-state index is 0.0918. The van der Waals surface area contributed by atoms with Gasteiger partial charge in [0.25, 0.3) is 0 Å². The van der Waals surface area contributed by atoms with E-state index < -0.39 is 24.2 Å². The summed E-state index contributed by atoms with van der Waals surface area (Å²) in [6.07, 6.45) is 19.1. The van der Waals surface area contributed by atoms with Gasteiger partial charge < -0.3 is 72.8 Å². The van der Waals surface area contributed by atoms with Crippen molar-refractivity contribution in [1.82, 2.24) is 73.8 Å². The predicted octanol–water partition coefficient (Wildman–Crippen LogP) is 9.22. The van der Waals surface area contributed by atoms with E-state index in [2.05, 4.69) is 94.3 Å². The van der Waals surface area contributed by atoms with Crippen molar-refractivity contribution in [3.63, 3.8) is 0 Å². The van der Waals surface area contributed by atoms with E-state index in [1.165, 1.54) is 149 Å². The zero-order valence-electron chi connectivity index (χ0n) is 70.8. The molecule has 1 aromatic rings. The molecule has 0 aromatic carbocycles. The van der Waals surface area contributed by atoms with Gasteiger partial charge in [-0.05, 0) is 314 Å². The molecule has 0 atom stereocenters. The van der Waals surface area contributed by atoms with Crippen LogP contribution < -0.4 is 0 Å². The number of carbonyl (C=O) groups excluding carboxylic acids is 6. The first-order valence-corrected chi connectivity index (χ1v) is 42.7. The Kier molecular flexibility index (Phi) is 39.6. The smallest absolute Gasteiger partial charge is 0.468 e. The van der Waals surface area contributed by atoms with Crippen LogP contribution in [0.1, 0.15) is 194 Å². The first-order valence-electron chi connectivity index (χ1n) is 42.7. The predicted molar refractivity (Wildman–Crippen MR) is 424 cm³/mol. The van der Waals surface area contributed by atoms with Crippen LogP contribution in [-0.2, 0) is 44.8 Å². The van der Waals surface area contributed by atoms with Gasteiger partial charge in [0, 0.05) is 120 Å². The summed E-state index contributed by atoms with van der Waals surface area (Å²) in [4.78, 5) is 98.3. The van der Waals surface area contributed by atoms with Crippen LogP contribution in [0.2, 0.25) is 0 Å². The van der Waals surface area contributed by atoms with E-state index in [0.717, 1.165) is 131 Å². The third-order valence-corrected chi connectivity index (χ3v) is 24.9. The summed E-state index contributed by atoms with van der Waals surface area (Å²) in [5, 5.41) is 3.87. The molecular weight excluding hydrogens is 1450 g/mol. The maximum Gasteiger partial charge on any atom is 0.471 e. The molecule has 8 heterocycles. The number of ether oxygens (including phenoxy) is 2. The quantitative estimate of drug-likeness (QED) is 0.0743. The van der Waals surface area contributed by atoms with Crippen molar-refractivity contribution < 1.29 is 69.1 Å². The average molecular weight is 1600 g/mol. The Hall–Kier alpha value is -4.79. The van der Waals surface area contributed by atoms with E-state index in [-0.39, 0.29) is 42.5 Å². The zero-order chi connectivity index (χ0) is 81.8. The molecule has 644 valence electrons. The van der Waals surface area contributed by atoms with E-state index in [9.17, 15) is 55.1 Å². The molecule has 12 aliphatic rings. The Balaban J connectivity index is 0.000000181. The summed E-state index contributed by atoms with van der Waals surface area (Å²) in [6, 6.07) is 5.59. The highest BCUT2D eigenvalue weighted by Gasteiger charge is 2.50. The largest absolute Gasteiger partial charge is 0.471 e. The fourth-order valence-corrected chi connectivity index (χ4v) is 16.8. The van der Waals surface area contributed by atoms with Crippen LogP contribution in [0.25, 0.3) is 0 Å². The van der Waals surface area contributed by atoms with Gasteiger partial charge in [0.1, 0.15) is 12.0 Å². The average Bonchev–Trinajstić information content (AvgIpc) is 1.67. The molecule has 0 bridgehead atoms. The van der Waals surface area contributed by atoms with Crippen molar-refractivity contribution in [3.8, 4) is 0 Å². The minimum atomic E-state index is -4.75. The Bertz CT molecular complexity index is 2870. The topological polar surface area (TPSA) is 192 Å². The molecule has 5 saturated carbocycles. The monoisotopic (exact) mass is 1600 g/mol. The number of nitrogens with zero attached hydrogens (tertiary/aromatic N) is 15. The second-order valence-corrected chi connectivity index (χ2v) is 34.3. The molecule has 12 fully saturated rings. The summed E-state index contributed by atoms with van der Waals surface area (Å²) in [7, 11) is 18.0. The lowest BCUT2D eigenvalue weighted by Crippen LogP contribution is -2.51. The fourth-order valence-electron chi connectivity index (χ4n) is 16.8. The van der Waals surface area contributed by atoms with Gasteiger partial charge in [0.15, 0.2) is 0 Å². The fraction of sp³-hybridized carbons (Fsp3) is 0.890. The van der Waals surface area contributed by atoms with Crippen molar-refractivity contribution in [2.45, 2.75) is 268 Å². The summed E-state index contributed by atoms with van der Waals surface area (Å²) in [5.41, 5.74) is 0.819. The highest BCUT2D eigenvalue weighted by atomic mass is 19.4. The molecular formula is C82H145F6N15O9. The van der Waals surface area contributed by atoms with Gasteiger partial charge in [-0.1, -0.05) is 12.1 Å². The van der Waals surface area contributed by atoms with Gasteiger partial charge in [-0.2, -0.15) is 26.3 Å². The number of hydrogen-bond acceptors (Lipinski definition) is 19. The number of likely N-dealkylation sites (tertiary alicyclic amines) is 7. The molecule has 13 rings (SSSR count). The number of aromatic nitrogens is 1. The van der Waals surface area contributed by atoms with Gasteiger partial charge in [0.05, 0.1) is 26.8 Å². The second kappa shape index (κ2) is 47.0. The van der Waals surface area contributed by atoms with Crippen molar-refractivity contribution in [1.29, 1.82) is 0 Å². The molecule has 24 nitrogen and oxygen atoms in total. The summed E-state index contributed by atoms with van der Waals surface area (Å²) < 4.78 is 89.3. The second-order valence-electron chi connectivity index (χ2n) is 34.3. The molecule has 0 radical (unpaired) electrons. The van der Waals surface area contributed by atoms with Crippen LogP contribution in [0.15, 0.2) is 16.9 Å². The normalized spacial score (nSPS) is 22.5. The van der Waals surface area contributed by atoms with Crippen LogP contribution in [0.4, 0.5) is 26.3 Å². The number of rotatable bonds is 23. The van der Waals surface area contributed by atoms with Crippen LogP contribution in [0, 0.1) is 11.8 Å². The maximum atomic E-state index is 12.5. The molecule has 112 heavy (non-hydrogen) atoms. The van der Waals surface area contributed by atoms with E-state index in [1.54, 1.807) is 34.1 Å². The highest BCUT2D eigenvalue weighted by molar-refractivity contribution is 5.83. The van der Waals surface area contributed by atoms with E-state index in [0.29, 0.717) is 94.2 Å². The number of alkyl halides is 6. The number of piperidine rings is 7. The Labute approximate surface area is 667 Å². The summed E-state index contributed by atoms with van der Waals surface area (Å²) in [5.74, 6) is -1.21. The van der Waals surface area contributed by atoms with Crippen molar-refractivity contribution in [3.05, 3.63) is 18.0 Å². The molecule has 30 heteroatoms. The van der Waals surface area contributed by atoms with E-state index in [4.69, 9.17) is 14.0 Å². The maximum absolute atomic E-state index is 12.5. The first-order chi connectivity index (χ1) is 53.3. The van der Waals surface area contributed by atoms with Crippen molar-refractivity contribution >= 4 is 35.5 Å². The SMILES string of the molecule is CC(=O)N(CC1CCN(C)CC1)C1CC1.CC(=O)N(Cc1ccon1)C1CCN(C)CC1.CCC(=O)N(CC1CCN(C)CC1)C1CC1.CCN(C(=O)C(F)(F)F)C1CCN(C)CC1.CN1CCC(N(C(=O)C(F)(F)F)C2CC2)CC1.COC(=O)CN(C1CC1)C1CCN(C)CC1.COCCN(C1CC1)C1CCN(C)CC1. The Morgan fingerprint density at radius 2 is 0.750 bits per heavy atom. The lowest BCUT2D eigenvalue weighted by molar-refractivity contribution is -0.189. The molecule has 0 N–H and O–H groups in total. The van der Waals surface area contributed by atoms with Gasteiger partial charge in [-0.15, -0.1) is 0 Å². The third-order valence-electron chi connectivity index (χ3n) is 24.9. The molecule has 5 aliphatic carbocycles. The molecule has 1 aromatic heterocycles. The lowest BCUT2D eigenvalue weighted by Gasteiger charge is -2.37.